The Bertz CT molecular complexity index is 348. The van der Waals surface area contributed by atoms with Gasteiger partial charge < -0.3 is 14.8 Å². The quantitative estimate of drug-likeness (QED) is 0.842. The van der Waals surface area contributed by atoms with E-state index in [0.717, 1.165) is 5.95 Å². The molecule has 1 aromatic rings. The van der Waals surface area contributed by atoms with Gasteiger partial charge in [0.15, 0.2) is 0 Å². The second-order valence-electron chi connectivity index (χ2n) is 5.11. The van der Waals surface area contributed by atoms with Crippen molar-refractivity contribution in [2.75, 3.05) is 25.5 Å². The molecule has 88 valence electrons. The van der Waals surface area contributed by atoms with E-state index in [-0.39, 0.29) is 0 Å². The van der Waals surface area contributed by atoms with E-state index in [1.165, 1.54) is 38.8 Å². The number of likely N-dealkylation sites (tertiary alicyclic amines) is 1. The predicted octanol–water partition coefficient (Wildman–Crippen LogP) is 1.72. The molecule has 16 heavy (non-hydrogen) atoms. The molecule has 1 aliphatic heterocycles. The number of hydrogen-bond acceptors (Lipinski definition) is 3. The minimum absolute atomic E-state index is 0.639. The Morgan fingerprint density at radius 2 is 2.00 bits per heavy atom. The fraction of sp³-hybridized carbons (Fsp3) is 0.750. The summed E-state index contributed by atoms with van der Waals surface area (Å²) in [6.07, 6.45) is 9.14. The van der Waals surface area contributed by atoms with E-state index < -0.39 is 0 Å². The van der Waals surface area contributed by atoms with Gasteiger partial charge in [0.25, 0.3) is 0 Å². The van der Waals surface area contributed by atoms with Gasteiger partial charge in [0.05, 0.1) is 0 Å². The molecular weight excluding hydrogens is 200 g/mol. The lowest BCUT2D eigenvalue weighted by Gasteiger charge is -2.30. The standard InChI is InChI=1S/C12H20N4/c1-15-7-4-11(5-8-15)16-9-6-13-12(16)14-10-2-3-10/h6,9-11H,2-5,7-8H2,1H3,(H,13,14). The van der Waals surface area contributed by atoms with Gasteiger partial charge in [-0.2, -0.15) is 0 Å². The van der Waals surface area contributed by atoms with Crippen molar-refractivity contribution in [3.05, 3.63) is 12.4 Å². The van der Waals surface area contributed by atoms with Gasteiger partial charge in [-0.25, -0.2) is 4.98 Å². The first-order valence-corrected chi connectivity index (χ1v) is 6.31. The van der Waals surface area contributed by atoms with Crippen LogP contribution in [-0.4, -0.2) is 40.6 Å². The second kappa shape index (κ2) is 4.09. The highest BCUT2D eigenvalue weighted by molar-refractivity contribution is 5.30. The van der Waals surface area contributed by atoms with Crippen molar-refractivity contribution in [2.24, 2.45) is 0 Å². The number of nitrogens with zero attached hydrogens (tertiary/aromatic N) is 3. The number of nitrogens with one attached hydrogen (secondary N) is 1. The molecule has 1 aliphatic carbocycles. The van der Waals surface area contributed by atoms with Crippen LogP contribution in [-0.2, 0) is 0 Å². The SMILES string of the molecule is CN1CCC(n2ccnc2NC2CC2)CC1. The Hall–Kier alpha value is -1.03. The van der Waals surface area contributed by atoms with Gasteiger partial charge in [-0.1, -0.05) is 0 Å². The van der Waals surface area contributed by atoms with Crippen LogP contribution in [0.3, 0.4) is 0 Å². The molecular formula is C12H20N4. The number of anilines is 1. The molecule has 3 rings (SSSR count). The summed E-state index contributed by atoms with van der Waals surface area (Å²) in [6.45, 7) is 2.40. The Labute approximate surface area is 96.7 Å². The van der Waals surface area contributed by atoms with Gasteiger partial charge in [0, 0.05) is 24.5 Å². The van der Waals surface area contributed by atoms with Crippen molar-refractivity contribution < 1.29 is 0 Å². The largest absolute Gasteiger partial charge is 0.353 e. The summed E-state index contributed by atoms with van der Waals surface area (Å²) in [5.41, 5.74) is 0. The van der Waals surface area contributed by atoms with Crippen LogP contribution < -0.4 is 5.32 Å². The summed E-state index contributed by atoms with van der Waals surface area (Å²) >= 11 is 0. The second-order valence-corrected chi connectivity index (χ2v) is 5.11. The molecule has 0 spiro atoms. The minimum Gasteiger partial charge on any atom is -0.353 e. The highest BCUT2D eigenvalue weighted by Gasteiger charge is 2.25. The minimum atomic E-state index is 0.639. The van der Waals surface area contributed by atoms with Crippen molar-refractivity contribution in [2.45, 2.75) is 37.8 Å². The molecule has 1 saturated carbocycles. The van der Waals surface area contributed by atoms with Crippen LogP contribution in [0.25, 0.3) is 0 Å². The lowest BCUT2D eigenvalue weighted by molar-refractivity contribution is 0.222. The van der Waals surface area contributed by atoms with E-state index in [2.05, 4.69) is 33.0 Å². The van der Waals surface area contributed by atoms with Gasteiger partial charge in [0.1, 0.15) is 0 Å². The molecule has 2 heterocycles. The van der Waals surface area contributed by atoms with E-state index in [1.54, 1.807) is 0 Å². The Morgan fingerprint density at radius 3 is 2.69 bits per heavy atom. The maximum Gasteiger partial charge on any atom is 0.203 e. The van der Waals surface area contributed by atoms with Gasteiger partial charge in [0.2, 0.25) is 5.95 Å². The van der Waals surface area contributed by atoms with E-state index in [1.807, 2.05) is 6.20 Å². The summed E-state index contributed by atoms with van der Waals surface area (Å²) < 4.78 is 2.34. The summed E-state index contributed by atoms with van der Waals surface area (Å²) in [5, 5.41) is 3.51. The van der Waals surface area contributed by atoms with Crippen molar-refractivity contribution in [1.82, 2.24) is 14.5 Å². The van der Waals surface area contributed by atoms with Crippen molar-refractivity contribution in [3.8, 4) is 0 Å². The fourth-order valence-corrected chi connectivity index (χ4v) is 2.40. The number of rotatable bonds is 3. The van der Waals surface area contributed by atoms with E-state index >= 15 is 0 Å². The maximum absolute atomic E-state index is 4.43. The van der Waals surface area contributed by atoms with E-state index in [4.69, 9.17) is 0 Å². The van der Waals surface area contributed by atoms with Crippen LogP contribution in [0.2, 0.25) is 0 Å². The zero-order valence-electron chi connectivity index (χ0n) is 9.89. The predicted molar refractivity (Wildman–Crippen MR) is 64.6 cm³/mol. The fourth-order valence-electron chi connectivity index (χ4n) is 2.40. The van der Waals surface area contributed by atoms with Crippen LogP contribution in [0.5, 0.6) is 0 Å². The summed E-state index contributed by atoms with van der Waals surface area (Å²) in [7, 11) is 2.20. The van der Waals surface area contributed by atoms with E-state index in [0.29, 0.717) is 12.1 Å². The zero-order valence-corrected chi connectivity index (χ0v) is 9.89. The molecule has 2 fully saturated rings. The van der Waals surface area contributed by atoms with Gasteiger partial charge in [-0.05, 0) is 45.8 Å². The van der Waals surface area contributed by atoms with Crippen LogP contribution in [0, 0.1) is 0 Å². The molecule has 0 aromatic carbocycles. The number of piperidine rings is 1. The third-order valence-electron chi connectivity index (χ3n) is 3.66. The number of imidazole rings is 1. The molecule has 2 aliphatic rings. The van der Waals surface area contributed by atoms with Crippen LogP contribution in [0.1, 0.15) is 31.7 Å². The lowest BCUT2D eigenvalue weighted by Crippen LogP contribution is -2.31. The average molecular weight is 220 g/mol. The highest BCUT2D eigenvalue weighted by Crippen LogP contribution is 2.28. The lowest BCUT2D eigenvalue weighted by atomic mass is 10.1. The van der Waals surface area contributed by atoms with Gasteiger partial charge in [-0.15, -0.1) is 0 Å². The van der Waals surface area contributed by atoms with Gasteiger partial charge >= 0.3 is 0 Å². The van der Waals surface area contributed by atoms with E-state index in [9.17, 15) is 0 Å². The Kier molecular flexibility index (Phi) is 2.59. The molecule has 0 unspecified atom stereocenters. The normalized spacial score (nSPS) is 23.6. The number of hydrogen-bond donors (Lipinski definition) is 1. The molecule has 1 aromatic heterocycles. The smallest absolute Gasteiger partial charge is 0.203 e. The molecule has 4 heteroatoms. The molecule has 1 saturated heterocycles. The summed E-state index contributed by atoms with van der Waals surface area (Å²) in [4.78, 5) is 6.83. The van der Waals surface area contributed by atoms with Crippen LogP contribution in [0.15, 0.2) is 12.4 Å². The Morgan fingerprint density at radius 1 is 1.25 bits per heavy atom. The molecule has 0 amide bonds. The molecule has 0 bridgehead atoms. The van der Waals surface area contributed by atoms with Gasteiger partial charge in [-0.3, -0.25) is 0 Å². The monoisotopic (exact) mass is 220 g/mol. The first kappa shape index (κ1) is 10.1. The first-order valence-electron chi connectivity index (χ1n) is 6.31. The third-order valence-corrected chi connectivity index (χ3v) is 3.66. The number of aromatic nitrogens is 2. The summed E-state index contributed by atoms with van der Waals surface area (Å²) in [5.74, 6) is 1.08. The Balaban J connectivity index is 1.70. The third kappa shape index (κ3) is 2.07. The van der Waals surface area contributed by atoms with Crippen molar-refractivity contribution in [1.29, 1.82) is 0 Å². The molecule has 4 nitrogen and oxygen atoms in total. The highest BCUT2D eigenvalue weighted by atomic mass is 15.2. The maximum atomic E-state index is 4.43. The van der Waals surface area contributed by atoms with Crippen LogP contribution in [0.4, 0.5) is 5.95 Å². The van der Waals surface area contributed by atoms with Crippen molar-refractivity contribution in [3.63, 3.8) is 0 Å². The molecule has 0 atom stereocenters. The molecule has 1 N–H and O–H groups in total. The average Bonchev–Trinajstić information content (AvgIpc) is 2.97. The molecule has 0 radical (unpaired) electrons. The summed E-state index contributed by atoms with van der Waals surface area (Å²) in [6, 6.07) is 1.33. The van der Waals surface area contributed by atoms with Crippen LogP contribution >= 0.6 is 0 Å². The topological polar surface area (TPSA) is 33.1 Å². The first-order chi connectivity index (χ1) is 7.83. The van der Waals surface area contributed by atoms with Crippen molar-refractivity contribution >= 4 is 5.95 Å². The zero-order chi connectivity index (χ0) is 11.0.